The zero-order valence-electron chi connectivity index (χ0n) is 15.1. The molecule has 0 aromatic heterocycles. The maximum absolute atomic E-state index is 13.3. The maximum atomic E-state index is 13.3. The quantitative estimate of drug-likeness (QED) is 0.785. The number of amides is 1. The molecule has 5 nitrogen and oxygen atoms in total. The van der Waals surface area contributed by atoms with Crippen LogP contribution < -0.4 is 9.47 Å². The Morgan fingerprint density at radius 1 is 1.15 bits per heavy atom. The largest absolute Gasteiger partial charge is 0.497 e. The third-order valence-corrected chi connectivity index (χ3v) is 5.34. The van der Waals surface area contributed by atoms with Crippen molar-refractivity contribution in [3.05, 3.63) is 54.1 Å². The van der Waals surface area contributed by atoms with E-state index < -0.39 is 0 Å². The molecule has 1 saturated heterocycles. The summed E-state index contributed by atoms with van der Waals surface area (Å²) in [7, 11) is 3.15. The summed E-state index contributed by atoms with van der Waals surface area (Å²) in [6, 6.07) is 15.0. The van der Waals surface area contributed by atoms with Gasteiger partial charge in [0.05, 0.1) is 19.9 Å². The molecule has 136 valence electrons. The predicted molar refractivity (Wildman–Crippen MR) is 106 cm³/mol. The SMILES string of the molecule is CC[C@H]1CSC(=Nc2ccccc2)N1C(=O)c1cc(OC)cc(OC)c1. The molecule has 1 heterocycles. The van der Waals surface area contributed by atoms with Gasteiger partial charge in [-0.25, -0.2) is 4.99 Å². The fraction of sp³-hybridized carbons (Fsp3) is 0.300. The number of carbonyl (C=O) groups excluding carboxylic acids is 1. The van der Waals surface area contributed by atoms with Crippen molar-refractivity contribution in [2.75, 3.05) is 20.0 Å². The third-order valence-electron chi connectivity index (χ3n) is 4.25. The standard InChI is InChI=1S/C20H22N2O3S/c1-4-16-13-26-20(21-15-8-6-5-7-9-15)22(16)19(23)14-10-17(24-2)12-18(11-14)25-3/h5-12,16H,4,13H2,1-3H3/t16-/m0/s1. The highest BCUT2D eigenvalue weighted by atomic mass is 32.2. The van der Waals surface area contributed by atoms with Gasteiger partial charge in [0.2, 0.25) is 0 Å². The van der Waals surface area contributed by atoms with Crippen LogP contribution in [-0.2, 0) is 0 Å². The summed E-state index contributed by atoms with van der Waals surface area (Å²) >= 11 is 1.61. The first kappa shape index (κ1) is 18.3. The molecular weight excluding hydrogens is 348 g/mol. The Bertz CT molecular complexity index is 786. The van der Waals surface area contributed by atoms with Gasteiger partial charge < -0.3 is 9.47 Å². The number of benzene rings is 2. The summed E-state index contributed by atoms with van der Waals surface area (Å²) < 4.78 is 10.6. The van der Waals surface area contributed by atoms with Crippen LogP contribution in [-0.4, -0.2) is 42.0 Å². The molecule has 2 aromatic carbocycles. The molecule has 26 heavy (non-hydrogen) atoms. The van der Waals surface area contributed by atoms with E-state index in [1.165, 1.54) is 0 Å². The second-order valence-corrected chi connectivity index (χ2v) is 6.87. The number of thioether (sulfide) groups is 1. The average molecular weight is 370 g/mol. The van der Waals surface area contributed by atoms with Crippen molar-refractivity contribution in [1.29, 1.82) is 0 Å². The minimum Gasteiger partial charge on any atom is -0.497 e. The number of ether oxygens (including phenoxy) is 2. The highest BCUT2D eigenvalue weighted by Gasteiger charge is 2.35. The van der Waals surface area contributed by atoms with Crippen molar-refractivity contribution < 1.29 is 14.3 Å². The first-order valence-corrected chi connectivity index (χ1v) is 9.48. The number of para-hydroxylation sites is 1. The van der Waals surface area contributed by atoms with Gasteiger partial charge in [-0.2, -0.15) is 0 Å². The zero-order chi connectivity index (χ0) is 18.5. The Morgan fingerprint density at radius 3 is 2.38 bits per heavy atom. The van der Waals surface area contributed by atoms with Gasteiger partial charge in [0.25, 0.3) is 5.91 Å². The van der Waals surface area contributed by atoms with Crippen LogP contribution in [0.15, 0.2) is 53.5 Å². The smallest absolute Gasteiger partial charge is 0.260 e. The number of methoxy groups -OCH3 is 2. The summed E-state index contributed by atoms with van der Waals surface area (Å²) in [5, 5.41) is 0.731. The highest BCUT2D eigenvalue weighted by Crippen LogP contribution is 2.32. The van der Waals surface area contributed by atoms with Gasteiger partial charge in [0.1, 0.15) is 11.5 Å². The van der Waals surface area contributed by atoms with Crippen molar-refractivity contribution in [2.24, 2.45) is 4.99 Å². The molecule has 0 radical (unpaired) electrons. The van der Waals surface area contributed by atoms with Crippen LogP contribution >= 0.6 is 11.8 Å². The predicted octanol–water partition coefficient (Wildman–Crippen LogP) is 4.36. The number of amidine groups is 1. The van der Waals surface area contributed by atoms with Crippen LogP contribution in [0.4, 0.5) is 5.69 Å². The molecule has 0 N–H and O–H groups in total. The normalized spacial score (nSPS) is 18.2. The van der Waals surface area contributed by atoms with Gasteiger partial charge in [0, 0.05) is 23.4 Å². The van der Waals surface area contributed by atoms with Crippen LogP contribution in [0.5, 0.6) is 11.5 Å². The summed E-state index contributed by atoms with van der Waals surface area (Å²) in [6.07, 6.45) is 0.869. The Morgan fingerprint density at radius 2 is 1.81 bits per heavy atom. The lowest BCUT2D eigenvalue weighted by Crippen LogP contribution is -2.39. The number of aliphatic imine (C=N–C) groups is 1. The fourth-order valence-electron chi connectivity index (χ4n) is 2.79. The van der Waals surface area contributed by atoms with Gasteiger partial charge in [-0.05, 0) is 30.7 Å². The third kappa shape index (κ3) is 3.85. The molecule has 2 aromatic rings. The van der Waals surface area contributed by atoms with Crippen LogP contribution in [0, 0.1) is 0 Å². The molecule has 1 aliphatic heterocycles. The Kier molecular flexibility index (Phi) is 5.83. The summed E-state index contributed by atoms with van der Waals surface area (Å²) in [4.78, 5) is 19.8. The van der Waals surface area contributed by atoms with Crippen molar-refractivity contribution in [1.82, 2.24) is 4.90 Å². The molecule has 1 atom stereocenters. The molecule has 6 heteroatoms. The summed E-state index contributed by atoms with van der Waals surface area (Å²) in [5.41, 5.74) is 1.37. The van der Waals surface area contributed by atoms with E-state index in [-0.39, 0.29) is 11.9 Å². The van der Waals surface area contributed by atoms with Crippen LogP contribution in [0.3, 0.4) is 0 Å². The van der Waals surface area contributed by atoms with E-state index in [1.807, 2.05) is 30.3 Å². The van der Waals surface area contributed by atoms with Crippen molar-refractivity contribution >= 4 is 28.5 Å². The fourth-order valence-corrected chi connectivity index (χ4v) is 4.06. The maximum Gasteiger partial charge on any atom is 0.260 e. The zero-order valence-corrected chi connectivity index (χ0v) is 16.0. The molecule has 1 amide bonds. The van der Waals surface area contributed by atoms with Crippen molar-refractivity contribution in [3.8, 4) is 11.5 Å². The van der Waals surface area contributed by atoms with Gasteiger partial charge in [-0.1, -0.05) is 36.9 Å². The molecule has 0 unspecified atom stereocenters. The van der Waals surface area contributed by atoms with Gasteiger partial charge >= 0.3 is 0 Å². The van der Waals surface area contributed by atoms with Crippen molar-refractivity contribution in [3.63, 3.8) is 0 Å². The lowest BCUT2D eigenvalue weighted by atomic mass is 10.1. The van der Waals surface area contributed by atoms with Gasteiger partial charge in [-0.15, -0.1) is 0 Å². The molecule has 1 fully saturated rings. The first-order chi connectivity index (χ1) is 12.7. The lowest BCUT2D eigenvalue weighted by molar-refractivity contribution is 0.0818. The van der Waals surface area contributed by atoms with E-state index in [0.29, 0.717) is 17.1 Å². The molecule has 0 aliphatic carbocycles. The van der Waals surface area contributed by atoms with E-state index in [4.69, 9.17) is 14.5 Å². The number of rotatable bonds is 5. The minimum absolute atomic E-state index is 0.0891. The summed E-state index contributed by atoms with van der Waals surface area (Å²) in [5.74, 6) is 1.94. The Balaban J connectivity index is 1.98. The van der Waals surface area contributed by atoms with Gasteiger partial charge in [0.15, 0.2) is 5.17 Å². The van der Waals surface area contributed by atoms with E-state index in [1.54, 1.807) is 49.1 Å². The molecular formula is C20H22N2O3S. The molecule has 3 rings (SSSR count). The minimum atomic E-state index is -0.0891. The lowest BCUT2D eigenvalue weighted by Gasteiger charge is -2.23. The summed E-state index contributed by atoms with van der Waals surface area (Å²) in [6.45, 7) is 2.09. The molecule has 1 aliphatic rings. The molecule has 0 bridgehead atoms. The van der Waals surface area contributed by atoms with E-state index >= 15 is 0 Å². The Labute approximate surface area is 158 Å². The Hall–Kier alpha value is -2.47. The second-order valence-electron chi connectivity index (χ2n) is 5.88. The highest BCUT2D eigenvalue weighted by molar-refractivity contribution is 8.14. The number of hydrogen-bond donors (Lipinski definition) is 0. The number of hydrogen-bond acceptors (Lipinski definition) is 5. The van der Waals surface area contributed by atoms with E-state index in [0.717, 1.165) is 23.0 Å². The first-order valence-electron chi connectivity index (χ1n) is 8.49. The second kappa shape index (κ2) is 8.27. The van der Waals surface area contributed by atoms with Crippen molar-refractivity contribution in [2.45, 2.75) is 19.4 Å². The number of carbonyl (C=O) groups is 1. The van der Waals surface area contributed by atoms with Crippen LogP contribution in [0.1, 0.15) is 23.7 Å². The molecule has 0 saturated carbocycles. The van der Waals surface area contributed by atoms with Crippen LogP contribution in [0.2, 0.25) is 0 Å². The average Bonchev–Trinajstić information content (AvgIpc) is 3.10. The monoisotopic (exact) mass is 370 g/mol. The van der Waals surface area contributed by atoms with Crippen LogP contribution in [0.25, 0.3) is 0 Å². The number of nitrogens with zero attached hydrogens (tertiary/aromatic N) is 2. The topological polar surface area (TPSA) is 51.1 Å². The van der Waals surface area contributed by atoms with Gasteiger partial charge in [-0.3, -0.25) is 9.69 Å². The molecule has 0 spiro atoms. The van der Waals surface area contributed by atoms with E-state index in [2.05, 4.69) is 6.92 Å². The van der Waals surface area contributed by atoms with E-state index in [9.17, 15) is 4.79 Å².